The molecule has 0 saturated heterocycles. The largest absolute Gasteiger partial charge is 0.409 e. The van der Waals surface area contributed by atoms with E-state index in [1.165, 1.54) is 19.1 Å². The number of hydrogen-bond acceptors (Lipinski definition) is 4. The summed E-state index contributed by atoms with van der Waals surface area (Å²) < 4.78 is 80.7. The number of fused-ring (bicyclic) bond motifs is 1. The van der Waals surface area contributed by atoms with Crippen molar-refractivity contribution in [1.82, 2.24) is 19.7 Å². The van der Waals surface area contributed by atoms with Gasteiger partial charge in [0.2, 0.25) is 10.0 Å². The Hall–Kier alpha value is -2.53. The van der Waals surface area contributed by atoms with Crippen LogP contribution < -0.4 is 0 Å². The van der Waals surface area contributed by atoms with E-state index in [1.807, 2.05) is 0 Å². The maximum Gasteiger partial charge on any atom is 0.409 e. The van der Waals surface area contributed by atoms with E-state index in [1.54, 1.807) is 0 Å². The van der Waals surface area contributed by atoms with Crippen molar-refractivity contribution in [2.45, 2.75) is 24.0 Å². The number of benzene rings is 2. The number of alkyl halides is 3. The molecule has 0 spiro atoms. The second-order valence-corrected chi connectivity index (χ2v) is 7.57. The lowest BCUT2D eigenvalue weighted by Crippen LogP contribution is -2.42. The fraction of sp³-hybridized carbons (Fsp3) is 0.250. The third kappa shape index (κ3) is 3.65. The monoisotopic (exact) mass is 402 g/mol. The minimum atomic E-state index is -4.90. The molecule has 0 aliphatic rings. The fourth-order valence-corrected chi connectivity index (χ4v) is 4.40. The molecular formula is C16H14F4N4O2S. The van der Waals surface area contributed by atoms with Crippen LogP contribution in [0.2, 0.25) is 0 Å². The maximum absolute atomic E-state index is 13.8. The van der Waals surface area contributed by atoms with E-state index in [0.717, 1.165) is 30.3 Å². The Morgan fingerprint density at radius 1 is 1.07 bits per heavy atom. The Morgan fingerprint density at radius 3 is 2.30 bits per heavy atom. The van der Waals surface area contributed by atoms with Gasteiger partial charge in [0.15, 0.2) is 0 Å². The van der Waals surface area contributed by atoms with Crippen LogP contribution in [0.1, 0.15) is 18.5 Å². The molecule has 3 aromatic rings. The molecule has 1 aromatic heterocycles. The molecule has 0 bridgehead atoms. The smallest absolute Gasteiger partial charge is 0.207 e. The molecule has 0 aliphatic heterocycles. The molecule has 6 nitrogen and oxygen atoms in total. The Kier molecular flexibility index (Phi) is 4.91. The molecule has 1 atom stereocenters. The van der Waals surface area contributed by atoms with Gasteiger partial charge in [0.05, 0.1) is 4.90 Å². The fourth-order valence-electron chi connectivity index (χ4n) is 2.77. The molecule has 0 fully saturated rings. The van der Waals surface area contributed by atoms with E-state index >= 15 is 0 Å². The van der Waals surface area contributed by atoms with Gasteiger partial charge in [-0.1, -0.05) is 19.1 Å². The van der Waals surface area contributed by atoms with Crippen LogP contribution >= 0.6 is 0 Å². The van der Waals surface area contributed by atoms with Gasteiger partial charge in [-0.2, -0.15) is 32.9 Å². The molecule has 27 heavy (non-hydrogen) atoms. The lowest BCUT2D eigenvalue weighted by atomic mass is 10.1. The van der Waals surface area contributed by atoms with Crippen LogP contribution in [0.25, 0.3) is 11.0 Å². The second kappa shape index (κ2) is 6.89. The molecule has 0 aliphatic carbocycles. The summed E-state index contributed by atoms with van der Waals surface area (Å²) in [6.45, 7) is 0.856. The number of H-pyrrole nitrogens is 1. The van der Waals surface area contributed by atoms with Gasteiger partial charge in [-0.3, -0.25) is 0 Å². The molecule has 2 aromatic carbocycles. The highest BCUT2D eigenvalue weighted by molar-refractivity contribution is 7.89. The third-order valence-corrected chi connectivity index (χ3v) is 5.93. The zero-order valence-corrected chi connectivity index (χ0v) is 14.7. The molecule has 0 saturated carbocycles. The van der Waals surface area contributed by atoms with E-state index in [9.17, 15) is 26.0 Å². The Bertz CT molecular complexity index is 1050. The Balaban J connectivity index is 2.11. The SMILES string of the molecule is CCN(C(c1ccc(F)cc1)C(F)(F)F)S(=O)(=O)c1ccc2n[nH]nc2c1. The molecule has 3 rings (SSSR count). The first-order valence-electron chi connectivity index (χ1n) is 7.79. The minimum absolute atomic E-state index is 0.206. The van der Waals surface area contributed by atoms with Crippen LogP contribution in [0, 0.1) is 5.82 Å². The van der Waals surface area contributed by atoms with E-state index in [4.69, 9.17) is 0 Å². The quantitative estimate of drug-likeness (QED) is 0.664. The highest BCUT2D eigenvalue weighted by Gasteiger charge is 2.48. The molecule has 0 amide bonds. The van der Waals surface area contributed by atoms with Gasteiger partial charge in [-0.05, 0) is 35.9 Å². The number of aromatic nitrogens is 3. The topological polar surface area (TPSA) is 79.0 Å². The van der Waals surface area contributed by atoms with Gasteiger partial charge in [0.25, 0.3) is 0 Å². The van der Waals surface area contributed by atoms with E-state index in [0.29, 0.717) is 9.82 Å². The van der Waals surface area contributed by atoms with Gasteiger partial charge in [-0.25, -0.2) is 12.8 Å². The first-order valence-corrected chi connectivity index (χ1v) is 9.23. The lowest BCUT2D eigenvalue weighted by Gasteiger charge is -2.31. The number of nitrogens with one attached hydrogen (secondary N) is 1. The number of sulfonamides is 1. The maximum atomic E-state index is 13.8. The van der Waals surface area contributed by atoms with Crippen molar-refractivity contribution in [3.63, 3.8) is 0 Å². The summed E-state index contributed by atoms with van der Waals surface area (Å²) >= 11 is 0. The average molecular weight is 402 g/mol. The molecule has 1 unspecified atom stereocenters. The van der Waals surface area contributed by atoms with E-state index < -0.39 is 34.6 Å². The normalized spacial score (nSPS) is 14.0. The molecule has 1 N–H and O–H groups in total. The first kappa shape index (κ1) is 19.2. The second-order valence-electron chi connectivity index (χ2n) is 5.68. The van der Waals surface area contributed by atoms with Crippen molar-refractivity contribution in [2.75, 3.05) is 6.54 Å². The third-order valence-electron chi connectivity index (χ3n) is 3.99. The van der Waals surface area contributed by atoms with Crippen molar-refractivity contribution in [3.05, 3.63) is 53.8 Å². The lowest BCUT2D eigenvalue weighted by molar-refractivity contribution is -0.173. The molecule has 11 heteroatoms. The van der Waals surface area contributed by atoms with Crippen LogP contribution in [0.5, 0.6) is 0 Å². The Morgan fingerprint density at radius 2 is 1.70 bits per heavy atom. The summed E-state index contributed by atoms with van der Waals surface area (Å²) in [5, 5.41) is 9.85. The number of nitrogens with zero attached hydrogens (tertiary/aromatic N) is 3. The van der Waals surface area contributed by atoms with E-state index in [2.05, 4.69) is 15.4 Å². The molecule has 144 valence electrons. The summed E-state index contributed by atoms with van der Waals surface area (Å²) in [4.78, 5) is -0.345. The molecular weight excluding hydrogens is 388 g/mol. The summed E-state index contributed by atoms with van der Waals surface area (Å²) in [6, 6.07) is 4.77. The predicted molar refractivity (Wildman–Crippen MR) is 88.7 cm³/mol. The summed E-state index contributed by atoms with van der Waals surface area (Å²) in [7, 11) is -4.52. The van der Waals surface area contributed by atoms with Crippen LogP contribution in [0.4, 0.5) is 17.6 Å². The minimum Gasteiger partial charge on any atom is -0.207 e. The standard InChI is InChI=1S/C16H14F4N4O2S/c1-2-24(15(16(18,19)20)10-3-5-11(17)6-4-10)27(25,26)12-7-8-13-14(9-12)22-23-21-13/h3-9,15H,2H2,1H3,(H,21,22,23). The van der Waals surface area contributed by atoms with Gasteiger partial charge in [-0.15, -0.1) is 0 Å². The van der Waals surface area contributed by atoms with Crippen LogP contribution in [-0.4, -0.2) is 40.9 Å². The first-order chi connectivity index (χ1) is 12.6. The zero-order chi connectivity index (χ0) is 19.8. The highest BCUT2D eigenvalue weighted by Crippen LogP contribution is 2.40. The van der Waals surface area contributed by atoms with Crippen LogP contribution in [-0.2, 0) is 10.0 Å². The molecule has 1 heterocycles. The van der Waals surface area contributed by atoms with Crippen molar-refractivity contribution in [2.24, 2.45) is 0 Å². The Labute approximate surface area is 151 Å². The van der Waals surface area contributed by atoms with Gasteiger partial charge in [0.1, 0.15) is 22.9 Å². The summed E-state index contributed by atoms with van der Waals surface area (Å²) in [5.41, 5.74) is 0.206. The highest BCUT2D eigenvalue weighted by atomic mass is 32.2. The number of rotatable bonds is 5. The van der Waals surface area contributed by atoms with Gasteiger partial charge >= 0.3 is 6.18 Å². The number of halogens is 4. The zero-order valence-electron chi connectivity index (χ0n) is 13.9. The summed E-state index contributed by atoms with van der Waals surface area (Å²) in [6.07, 6.45) is -4.90. The van der Waals surface area contributed by atoms with Crippen molar-refractivity contribution >= 4 is 21.1 Å². The van der Waals surface area contributed by atoms with Gasteiger partial charge < -0.3 is 0 Å². The van der Waals surface area contributed by atoms with Crippen LogP contribution in [0.15, 0.2) is 47.4 Å². The van der Waals surface area contributed by atoms with E-state index in [-0.39, 0.29) is 16.0 Å². The average Bonchev–Trinajstić information content (AvgIpc) is 3.07. The van der Waals surface area contributed by atoms with Crippen LogP contribution in [0.3, 0.4) is 0 Å². The van der Waals surface area contributed by atoms with Crippen molar-refractivity contribution in [3.8, 4) is 0 Å². The predicted octanol–water partition coefficient (Wildman–Crippen LogP) is 3.41. The number of aromatic amines is 1. The number of hydrogen-bond donors (Lipinski definition) is 1. The van der Waals surface area contributed by atoms with Crippen molar-refractivity contribution in [1.29, 1.82) is 0 Å². The summed E-state index contributed by atoms with van der Waals surface area (Å²) in [5.74, 6) is -0.720. The van der Waals surface area contributed by atoms with Crippen molar-refractivity contribution < 1.29 is 26.0 Å². The van der Waals surface area contributed by atoms with Gasteiger partial charge in [0, 0.05) is 6.54 Å². The molecule has 0 radical (unpaired) electrons.